The number of carbonyl (C=O) groups is 2. The highest BCUT2D eigenvalue weighted by Crippen LogP contribution is 2.31. The molecule has 0 radical (unpaired) electrons. The molecule has 3 aromatic carbocycles. The number of rotatable bonds is 6. The molecule has 0 fully saturated rings. The van der Waals surface area contributed by atoms with E-state index in [0.29, 0.717) is 32.7 Å². The average Bonchev–Trinajstić information content (AvgIpc) is 3.48. The monoisotopic (exact) mass is 499 g/mol. The lowest BCUT2D eigenvalue weighted by Gasteiger charge is -2.09. The molecule has 1 amide bonds. The Hall–Kier alpha value is -4.01. The molecule has 0 aliphatic carbocycles. The predicted octanol–water partition coefficient (Wildman–Crippen LogP) is 6.57. The Labute approximate surface area is 210 Å². The van der Waals surface area contributed by atoms with Gasteiger partial charge in [-0.15, -0.1) is 11.3 Å². The summed E-state index contributed by atoms with van der Waals surface area (Å²) in [6, 6.07) is 22.4. The Morgan fingerprint density at radius 1 is 1.03 bits per heavy atom. The van der Waals surface area contributed by atoms with Crippen LogP contribution in [0.3, 0.4) is 0 Å². The van der Waals surface area contributed by atoms with Gasteiger partial charge in [0.2, 0.25) is 5.13 Å². The summed E-state index contributed by atoms with van der Waals surface area (Å²) >= 11 is 7.47. The van der Waals surface area contributed by atoms with E-state index in [9.17, 15) is 9.59 Å². The molecule has 9 heteroatoms. The standard InChI is InChI=1S/C26H18ClN5O2S/c1-16-23(25(34)32(31-16)26-28-22(15-35-26)17-8-4-2-5-9-17)30-29-21-13-12-19(27)14-20(21)24(33)18-10-6-3-7-11-18/h2-15,23H,1H3. The van der Waals surface area contributed by atoms with Crippen LogP contribution in [0.2, 0.25) is 5.02 Å². The van der Waals surface area contributed by atoms with Crippen LogP contribution in [0.15, 0.2) is 99.6 Å². The molecule has 1 aromatic heterocycles. The van der Waals surface area contributed by atoms with Gasteiger partial charge in [-0.05, 0) is 25.1 Å². The van der Waals surface area contributed by atoms with Crippen molar-refractivity contribution in [2.45, 2.75) is 13.0 Å². The van der Waals surface area contributed by atoms with Crippen molar-refractivity contribution >= 4 is 51.2 Å². The average molecular weight is 500 g/mol. The summed E-state index contributed by atoms with van der Waals surface area (Å²) in [6.45, 7) is 1.71. The van der Waals surface area contributed by atoms with E-state index < -0.39 is 6.04 Å². The van der Waals surface area contributed by atoms with Crippen molar-refractivity contribution in [1.29, 1.82) is 0 Å². The molecule has 1 atom stereocenters. The lowest BCUT2D eigenvalue weighted by molar-refractivity contribution is -0.117. The first kappa shape index (κ1) is 22.8. The van der Waals surface area contributed by atoms with Crippen molar-refractivity contribution in [1.82, 2.24) is 4.98 Å². The van der Waals surface area contributed by atoms with Crippen molar-refractivity contribution in [3.05, 3.63) is 100 Å². The molecule has 5 rings (SSSR count). The van der Waals surface area contributed by atoms with E-state index in [1.807, 2.05) is 41.8 Å². The van der Waals surface area contributed by atoms with E-state index in [4.69, 9.17) is 11.6 Å². The molecule has 4 aromatic rings. The number of hydrogen-bond donors (Lipinski definition) is 0. The Morgan fingerprint density at radius 3 is 2.49 bits per heavy atom. The smallest absolute Gasteiger partial charge is 0.282 e. The van der Waals surface area contributed by atoms with Crippen LogP contribution in [0.4, 0.5) is 10.8 Å². The molecule has 0 spiro atoms. The zero-order chi connectivity index (χ0) is 24.4. The van der Waals surface area contributed by atoms with Gasteiger partial charge in [-0.25, -0.2) is 4.98 Å². The van der Waals surface area contributed by atoms with Gasteiger partial charge >= 0.3 is 0 Å². The highest BCUT2D eigenvalue weighted by molar-refractivity contribution is 7.14. The molecule has 0 saturated heterocycles. The number of thiazole rings is 1. The molecular weight excluding hydrogens is 482 g/mol. The minimum atomic E-state index is -0.908. The summed E-state index contributed by atoms with van der Waals surface area (Å²) in [5, 5.41) is 16.9. The quantitative estimate of drug-likeness (QED) is 0.222. The molecule has 1 aliphatic heterocycles. The first-order chi connectivity index (χ1) is 17.0. The Kier molecular flexibility index (Phi) is 6.31. The van der Waals surface area contributed by atoms with Gasteiger partial charge in [0.1, 0.15) is 0 Å². The predicted molar refractivity (Wildman–Crippen MR) is 138 cm³/mol. The molecule has 1 unspecified atom stereocenters. The minimum absolute atomic E-state index is 0.233. The van der Waals surface area contributed by atoms with Crippen molar-refractivity contribution in [2.75, 3.05) is 5.01 Å². The number of benzene rings is 3. The van der Waals surface area contributed by atoms with Crippen LogP contribution >= 0.6 is 22.9 Å². The molecule has 7 nitrogen and oxygen atoms in total. The molecule has 1 aliphatic rings. The van der Waals surface area contributed by atoms with Gasteiger partial charge in [0.25, 0.3) is 5.91 Å². The summed E-state index contributed by atoms with van der Waals surface area (Å²) in [6.07, 6.45) is 0. The number of hydrazone groups is 1. The van der Waals surface area contributed by atoms with E-state index in [0.717, 1.165) is 11.3 Å². The summed E-state index contributed by atoms with van der Waals surface area (Å²) < 4.78 is 0. The lowest BCUT2D eigenvalue weighted by Crippen LogP contribution is -2.29. The SMILES string of the molecule is CC1=NN(c2nc(-c3ccccc3)cs2)C(=O)C1N=Nc1ccc(Cl)cc1C(=O)c1ccccc1. The van der Waals surface area contributed by atoms with E-state index in [-0.39, 0.29) is 11.7 Å². The maximum absolute atomic E-state index is 13.1. The van der Waals surface area contributed by atoms with Crippen molar-refractivity contribution < 1.29 is 9.59 Å². The number of nitrogens with zero attached hydrogens (tertiary/aromatic N) is 5. The lowest BCUT2D eigenvalue weighted by atomic mass is 10.0. The molecule has 0 saturated carbocycles. The Morgan fingerprint density at radius 2 is 1.74 bits per heavy atom. The number of hydrogen-bond acceptors (Lipinski definition) is 7. The van der Waals surface area contributed by atoms with Crippen molar-refractivity contribution in [2.24, 2.45) is 15.3 Å². The zero-order valence-electron chi connectivity index (χ0n) is 18.5. The van der Waals surface area contributed by atoms with Gasteiger partial charge in [-0.3, -0.25) is 9.59 Å². The van der Waals surface area contributed by atoms with E-state index in [2.05, 4.69) is 20.3 Å². The molecule has 0 N–H and O–H groups in total. The number of carbonyl (C=O) groups excluding carboxylic acids is 2. The summed E-state index contributed by atoms with van der Waals surface area (Å²) in [7, 11) is 0. The van der Waals surface area contributed by atoms with Gasteiger partial charge in [0.15, 0.2) is 11.8 Å². The van der Waals surface area contributed by atoms with Crippen LogP contribution in [0.5, 0.6) is 0 Å². The maximum Gasteiger partial charge on any atom is 0.282 e. The number of amides is 1. The van der Waals surface area contributed by atoms with Gasteiger partial charge in [0.05, 0.1) is 22.7 Å². The third kappa shape index (κ3) is 4.66. The van der Waals surface area contributed by atoms with Gasteiger partial charge in [-0.1, -0.05) is 72.3 Å². The van der Waals surface area contributed by atoms with E-state index in [1.54, 1.807) is 49.4 Å². The number of aromatic nitrogens is 1. The second-order valence-corrected chi connectivity index (χ2v) is 9.02. The van der Waals surface area contributed by atoms with Gasteiger partial charge in [0, 0.05) is 21.5 Å². The summed E-state index contributed by atoms with van der Waals surface area (Å²) in [5.41, 5.74) is 3.34. The summed E-state index contributed by atoms with van der Waals surface area (Å²) in [5.74, 6) is -0.590. The minimum Gasteiger partial charge on any atom is -0.289 e. The van der Waals surface area contributed by atoms with Crippen LogP contribution in [-0.2, 0) is 4.79 Å². The first-order valence-electron chi connectivity index (χ1n) is 10.7. The fourth-order valence-corrected chi connectivity index (χ4v) is 4.53. The molecule has 35 heavy (non-hydrogen) atoms. The fraction of sp³-hybridized carbons (Fsp3) is 0.0769. The van der Waals surface area contributed by atoms with Crippen LogP contribution in [0.25, 0.3) is 11.3 Å². The molecule has 2 heterocycles. The van der Waals surface area contributed by atoms with Crippen molar-refractivity contribution in [3.63, 3.8) is 0 Å². The summed E-state index contributed by atoms with van der Waals surface area (Å²) in [4.78, 5) is 30.7. The second-order valence-electron chi connectivity index (χ2n) is 7.75. The number of azo groups is 1. The molecule has 172 valence electrons. The van der Waals surface area contributed by atoms with Crippen LogP contribution < -0.4 is 5.01 Å². The van der Waals surface area contributed by atoms with Gasteiger partial charge in [-0.2, -0.15) is 20.3 Å². The fourth-order valence-electron chi connectivity index (χ4n) is 3.57. The van der Waals surface area contributed by atoms with Crippen LogP contribution in [-0.4, -0.2) is 28.4 Å². The topological polar surface area (TPSA) is 87.3 Å². The molecular formula is C26H18ClN5O2S. The number of anilines is 1. The highest BCUT2D eigenvalue weighted by Gasteiger charge is 2.36. The molecule has 0 bridgehead atoms. The highest BCUT2D eigenvalue weighted by atomic mass is 35.5. The number of ketones is 1. The number of halogens is 1. The Bertz CT molecular complexity index is 1470. The van der Waals surface area contributed by atoms with Gasteiger partial charge < -0.3 is 0 Å². The maximum atomic E-state index is 13.1. The first-order valence-corrected chi connectivity index (χ1v) is 12.0. The third-order valence-electron chi connectivity index (χ3n) is 5.36. The zero-order valence-corrected chi connectivity index (χ0v) is 20.1. The van der Waals surface area contributed by atoms with Crippen molar-refractivity contribution in [3.8, 4) is 11.3 Å². The largest absolute Gasteiger partial charge is 0.289 e. The Balaban J connectivity index is 1.39. The second kappa shape index (κ2) is 9.69. The third-order valence-corrected chi connectivity index (χ3v) is 6.41. The van der Waals surface area contributed by atoms with Crippen LogP contribution in [0.1, 0.15) is 22.8 Å². The van der Waals surface area contributed by atoms with Crippen LogP contribution in [0, 0.1) is 0 Å². The van der Waals surface area contributed by atoms with E-state index >= 15 is 0 Å². The van der Waals surface area contributed by atoms with E-state index in [1.165, 1.54) is 16.3 Å². The normalized spacial score (nSPS) is 15.6.